The van der Waals surface area contributed by atoms with E-state index < -0.39 is 0 Å². The van der Waals surface area contributed by atoms with Crippen molar-refractivity contribution < 1.29 is 9.53 Å². The molecule has 0 atom stereocenters. The van der Waals surface area contributed by atoms with E-state index in [-0.39, 0.29) is 11.8 Å². The number of carbonyl (C=O) groups excluding carboxylic acids is 1. The van der Waals surface area contributed by atoms with Crippen molar-refractivity contribution in [1.82, 2.24) is 14.7 Å². The van der Waals surface area contributed by atoms with Crippen molar-refractivity contribution in [2.24, 2.45) is 13.0 Å². The van der Waals surface area contributed by atoms with E-state index in [1.165, 1.54) is 5.69 Å². The summed E-state index contributed by atoms with van der Waals surface area (Å²) in [7, 11) is 1.96. The van der Waals surface area contributed by atoms with Crippen LogP contribution in [-0.2, 0) is 42.8 Å². The van der Waals surface area contributed by atoms with Crippen molar-refractivity contribution >= 4 is 17.5 Å². The van der Waals surface area contributed by atoms with Gasteiger partial charge in [-0.1, -0.05) is 37.6 Å². The maximum atomic E-state index is 12.3. The second-order valence-electron chi connectivity index (χ2n) is 6.78. The van der Waals surface area contributed by atoms with Crippen LogP contribution in [0.25, 0.3) is 0 Å². The fourth-order valence-corrected chi connectivity index (χ4v) is 3.31. The number of nitrogens with zero attached hydrogens (tertiary/aromatic N) is 3. The van der Waals surface area contributed by atoms with Crippen molar-refractivity contribution in [3.05, 3.63) is 51.8 Å². The highest BCUT2D eigenvalue weighted by molar-refractivity contribution is 6.30. The number of aryl methyl sites for hydroxylation is 1. The Balaban J connectivity index is 1.67. The lowest BCUT2D eigenvalue weighted by atomic mass is 10.0. The molecule has 1 aromatic carbocycles. The normalized spacial score (nSPS) is 14.0. The number of benzene rings is 1. The van der Waals surface area contributed by atoms with E-state index in [1.807, 2.05) is 54.7 Å². The number of ether oxygens (including phenoxy) is 1. The molecule has 0 saturated carbocycles. The van der Waals surface area contributed by atoms with Gasteiger partial charge in [-0.25, -0.2) is 0 Å². The Morgan fingerprint density at radius 2 is 2.00 bits per heavy atom. The molecule has 1 aromatic heterocycles. The van der Waals surface area contributed by atoms with E-state index in [2.05, 4.69) is 5.10 Å². The Morgan fingerprint density at radius 1 is 1.28 bits per heavy atom. The molecular formula is C19H24ClN3O2. The van der Waals surface area contributed by atoms with Crippen molar-refractivity contribution in [3.63, 3.8) is 0 Å². The number of amides is 1. The summed E-state index contributed by atoms with van der Waals surface area (Å²) in [6.45, 7) is 6.22. The largest absolute Gasteiger partial charge is 0.370 e. The lowest BCUT2D eigenvalue weighted by molar-refractivity contribution is -0.135. The number of hydrogen-bond acceptors (Lipinski definition) is 3. The summed E-state index contributed by atoms with van der Waals surface area (Å²) in [6, 6.07) is 7.63. The second kappa shape index (κ2) is 7.58. The highest BCUT2D eigenvalue weighted by atomic mass is 35.5. The van der Waals surface area contributed by atoms with Crippen LogP contribution in [0.5, 0.6) is 0 Å². The summed E-state index contributed by atoms with van der Waals surface area (Å²) in [5.74, 6) is 0.213. The third kappa shape index (κ3) is 4.05. The van der Waals surface area contributed by atoms with Gasteiger partial charge >= 0.3 is 0 Å². The SMILES string of the molecule is CC(C)C(=O)N1CCc2c(c(COCc3ccc(Cl)cc3)nn2C)C1. The average molecular weight is 362 g/mol. The zero-order valence-electron chi connectivity index (χ0n) is 15.0. The molecule has 0 bridgehead atoms. The lowest BCUT2D eigenvalue weighted by Crippen LogP contribution is -2.38. The van der Waals surface area contributed by atoms with Gasteiger partial charge in [0.2, 0.25) is 5.91 Å². The van der Waals surface area contributed by atoms with Crippen LogP contribution in [0.4, 0.5) is 0 Å². The van der Waals surface area contributed by atoms with Crippen LogP contribution < -0.4 is 0 Å². The third-order valence-electron chi connectivity index (χ3n) is 4.55. The van der Waals surface area contributed by atoms with Crippen molar-refractivity contribution in [2.45, 2.75) is 40.0 Å². The Labute approximate surface area is 153 Å². The highest BCUT2D eigenvalue weighted by Crippen LogP contribution is 2.24. The molecule has 6 heteroatoms. The van der Waals surface area contributed by atoms with E-state index in [0.29, 0.717) is 19.8 Å². The Bertz CT molecular complexity index is 753. The Morgan fingerprint density at radius 3 is 2.68 bits per heavy atom. The molecule has 1 amide bonds. The molecule has 0 N–H and O–H groups in total. The van der Waals surface area contributed by atoms with Gasteiger partial charge in [-0.15, -0.1) is 0 Å². The number of hydrogen-bond donors (Lipinski definition) is 0. The molecule has 0 radical (unpaired) electrons. The van der Waals surface area contributed by atoms with E-state index in [0.717, 1.165) is 34.8 Å². The standard InChI is InChI=1S/C19H24ClN3O2/c1-13(2)19(24)23-9-8-18-16(10-23)17(21-22(18)3)12-25-11-14-4-6-15(20)7-5-14/h4-7,13H,8-12H2,1-3H3. The molecule has 1 aliphatic heterocycles. The number of halogens is 1. The summed E-state index contributed by atoms with van der Waals surface area (Å²) >= 11 is 5.90. The zero-order valence-corrected chi connectivity index (χ0v) is 15.7. The molecule has 0 aliphatic carbocycles. The molecule has 5 nitrogen and oxygen atoms in total. The first-order valence-corrected chi connectivity index (χ1v) is 8.98. The van der Waals surface area contributed by atoms with Crippen molar-refractivity contribution in [3.8, 4) is 0 Å². The first-order chi connectivity index (χ1) is 12.0. The average Bonchev–Trinajstić information content (AvgIpc) is 2.91. The summed E-state index contributed by atoms with van der Waals surface area (Å²) in [5, 5.41) is 5.33. The first-order valence-electron chi connectivity index (χ1n) is 8.60. The van der Waals surface area contributed by atoms with Crippen LogP contribution in [-0.4, -0.2) is 27.1 Å². The van der Waals surface area contributed by atoms with Gasteiger partial charge in [0.05, 0.1) is 18.9 Å². The van der Waals surface area contributed by atoms with Crippen LogP contribution in [0.2, 0.25) is 5.02 Å². The minimum atomic E-state index is 0.0165. The van der Waals surface area contributed by atoms with E-state index in [4.69, 9.17) is 16.3 Å². The van der Waals surface area contributed by atoms with E-state index >= 15 is 0 Å². The van der Waals surface area contributed by atoms with Gasteiger partial charge in [0.1, 0.15) is 0 Å². The van der Waals surface area contributed by atoms with Gasteiger partial charge in [-0.3, -0.25) is 9.48 Å². The monoisotopic (exact) mass is 361 g/mol. The van der Waals surface area contributed by atoms with E-state index in [1.54, 1.807) is 0 Å². The smallest absolute Gasteiger partial charge is 0.225 e. The highest BCUT2D eigenvalue weighted by Gasteiger charge is 2.27. The summed E-state index contributed by atoms with van der Waals surface area (Å²) in [5.41, 5.74) is 4.34. The molecular weight excluding hydrogens is 338 g/mol. The third-order valence-corrected chi connectivity index (χ3v) is 4.80. The van der Waals surface area contributed by atoms with Crippen LogP contribution in [0.3, 0.4) is 0 Å². The minimum Gasteiger partial charge on any atom is -0.370 e. The van der Waals surface area contributed by atoms with Crippen LogP contribution in [0.1, 0.15) is 36.4 Å². The first kappa shape index (κ1) is 18.0. The summed E-state index contributed by atoms with van der Waals surface area (Å²) < 4.78 is 7.77. The van der Waals surface area contributed by atoms with Gasteiger partial charge in [0.25, 0.3) is 0 Å². The zero-order chi connectivity index (χ0) is 18.0. The molecule has 134 valence electrons. The fraction of sp³-hybridized carbons (Fsp3) is 0.474. The van der Waals surface area contributed by atoms with Gasteiger partial charge < -0.3 is 9.64 Å². The summed E-state index contributed by atoms with van der Waals surface area (Å²) in [6.07, 6.45) is 0.842. The summed E-state index contributed by atoms with van der Waals surface area (Å²) in [4.78, 5) is 14.2. The van der Waals surface area contributed by atoms with Crippen LogP contribution in [0.15, 0.2) is 24.3 Å². The van der Waals surface area contributed by atoms with Gasteiger partial charge in [-0.05, 0) is 17.7 Å². The predicted molar refractivity (Wildman–Crippen MR) is 97.1 cm³/mol. The van der Waals surface area contributed by atoms with E-state index in [9.17, 15) is 4.79 Å². The fourth-order valence-electron chi connectivity index (χ4n) is 3.19. The van der Waals surface area contributed by atoms with Gasteiger partial charge in [-0.2, -0.15) is 5.10 Å². The van der Waals surface area contributed by atoms with Crippen LogP contribution >= 0.6 is 11.6 Å². The number of aromatic nitrogens is 2. The van der Waals surface area contributed by atoms with Gasteiger partial charge in [0.15, 0.2) is 0 Å². The predicted octanol–water partition coefficient (Wildman–Crippen LogP) is 3.33. The lowest BCUT2D eigenvalue weighted by Gasteiger charge is -2.29. The maximum absolute atomic E-state index is 12.3. The van der Waals surface area contributed by atoms with Gasteiger partial charge in [0, 0.05) is 48.8 Å². The molecule has 0 saturated heterocycles. The molecule has 2 aromatic rings. The molecule has 25 heavy (non-hydrogen) atoms. The molecule has 1 aliphatic rings. The maximum Gasteiger partial charge on any atom is 0.225 e. The molecule has 2 heterocycles. The van der Waals surface area contributed by atoms with Crippen molar-refractivity contribution in [2.75, 3.05) is 6.54 Å². The molecule has 0 unspecified atom stereocenters. The van der Waals surface area contributed by atoms with Crippen molar-refractivity contribution in [1.29, 1.82) is 0 Å². The second-order valence-corrected chi connectivity index (χ2v) is 7.22. The molecule has 3 rings (SSSR count). The number of rotatable bonds is 5. The number of fused-ring (bicyclic) bond motifs is 1. The quantitative estimate of drug-likeness (QED) is 0.820. The molecule has 0 spiro atoms. The minimum absolute atomic E-state index is 0.0165. The topological polar surface area (TPSA) is 47.4 Å². The number of carbonyl (C=O) groups is 1. The Hall–Kier alpha value is -1.85. The Kier molecular flexibility index (Phi) is 5.45. The molecule has 0 fully saturated rings. The van der Waals surface area contributed by atoms with Crippen LogP contribution in [0, 0.1) is 5.92 Å².